The number of aliphatic hydroxyl groups excluding tert-OH is 1. The minimum Gasteiger partial charge on any atom is -0.414 e. The van der Waals surface area contributed by atoms with Crippen molar-refractivity contribution in [3.63, 3.8) is 0 Å². The number of nitrogens with zero attached hydrogens (tertiary/aromatic N) is 1. The molecule has 0 aliphatic carbocycles. The van der Waals surface area contributed by atoms with Crippen LogP contribution in [0.5, 0.6) is 0 Å². The molecule has 1 aromatic rings. The lowest BCUT2D eigenvalue weighted by Crippen LogP contribution is -2.70. The van der Waals surface area contributed by atoms with Crippen molar-refractivity contribution in [3.8, 4) is 0 Å². The van der Waals surface area contributed by atoms with E-state index in [1.807, 2.05) is 0 Å². The lowest BCUT2D eigenvalue weighted by Gasteiger charge is -2.54. The molecule has 0 saturated carbocycles. The highest BCUT2D eigenvalue weighted by molar-refractivity contribution is 6.84. The Balaban J connectivity index is 1.90. The summed E-state index contributed by atoms with van der Waals surface area (Å²) in [6.45, 7) is 18.9. The average Bonchev–Trinajstić information content (AvgIpc) is 2.92. The fourth-order valence-electron chi connectivity index (χ4n) is 6.14. The van der Waals surface area contributed by atoms with E-state index in [0.717, 1.165) is 0 Å². The molecule has 1 aromatic heterocycles. The van der Waals surface area contributed by atoms with Crippen LogP contribution in [0.25, 0.3) is 0 Å². The number of H-pyrrole nitrogens is 1. The third kappa shape index (κ3) is 4.23. The Morgan fingerprint density at radius 2 is 1.61 bits per heavy atom. The number of nitrogens with one attached hydrogen (secondary N) is 1. The summed E-state index contributed by atoms with van der Waals surface area (Å²) < 4.78 is 35.3. The minimum atomic E-state index is -2.97. The number of hydrogen-bond donors (Lipinski definition) is 2. The largest absolute Gasteiger partial charge is 0.414 e. The first kappa shape index (κ1) is 27.9. The molecular formula is C24H42N2O8Si2. The van der Waals surface area contributed by atoms with E-state index in [2.05, 4.69) is 60.4 Å². The molecule has 5 atom stereocenters. The van der Waals surface area contributed by atoms with Gasteiger partial charge >= 0.3 is 22.8 Å². The zero-order chi connectivity index (χ0) is 26.8. The number of aliphatic hydroxyl groups is 1. The highest BCUT2D eigenvalue weighted by Gasteiger charge is 2.68. The zero-order valence-electron chi connectivity index (χ0n) is 22.9. The van der Waals surface area contributed by atoms with Gasteiger partial charge in [0.15, 0.2) is 12.5 Å². The SMILES string of the molecule is Cc1cn([C@@H]2O[C@]34CO[Si](C(C)C)(C(C)C)O[Si](C(C)C)(C(C)C)O[C@H]3[C@H]2OC(O)C4)c(=O)[nH]c1=O. The summed E-state index contributed by atoms with van der Waals surface area (Å²) in [5.74, 6) is 0. The van der Waals surface area contributed by atoms with Crippen molar-refractivity contribution in [2.24, 2.45) is 0 Å². The van der Waals surface area contributed by atoms with Gasteiger partial charge in [-0.2, -0.15) is 0 Å². The molecule has 2 bridgehead atoms. The topological polar surface area (TPSA) is 121 Å². The maximum Gasteiger partial charge on any atom is 0.335 e. The number of rotatable bonds is 5. The third-order valence-corrected chi connectivity index (χ3v) is 18.3. The van der Waals surface area contributed by atoms with Crippen molar-refractivity contribution < 1.29 is 27.5 Å². The number of aromatic amines is 1. The predicted octanol–water partition coefficient (Wildman–Crippen LogP) is 3.18. The Morgan fingerprint density at radius 3 is 2.17 bits per heavy atom. The van der Waals surface area contributed by atoms with E-state index in [0.29, 0.717) is 5.56 Å². The van der Waals surface area contributed by atoms with Crippen LogP contribution in [-0.4, -0.2) is 62.5 Å². The molecule has 3 aliphatic heterocycles. The number of aryl methyl sites for hydroxylation is 1. The second kappa shape index (κ2) is 9.56. The molecule has 3 saturated heterocycles. The Morgan fingerprint density at radius 1 is 1.03 bits per heavy atom. The van der Waals surface area contributed by atoms with Gasteiger partial charge in [-0.15, -0.1) is 0 Å². The normalized spacial score (nSPS) is 33.7. The first-order chi connectivity index (χ1) is 16.7. The molecule has 4 heterocycles. The summed E-state index contributed by atoms with van der Waals surface area (Å²) in [6, 6.07) is 0. The number of hydrogen-bond acceptors (Lipinski definition) is 8. The van der Waals surface area contributed by atoms with E-state index in [-0.39, 0.29) is 35.2 Å². The Hall–Kier alpha value is -1.13. The van der Waals surface area contributed by atoms with Gasteiger partial charge in [0.2, 0.25) is 0 Å². The summed E-state index contributed by atoms with van der Waals surface area (Å²) in [4.78, 5) is 27.2. The van der Waals surface area contributed by atoms with Crippen LogP contribution in [0.3, 0.4) is 0 Å². The smallest absolute Gasteiger partial charge is 0.335 e. The Bertz CT molecular complexity index is 1070. The Labute approximate surface area is 214 Å². The molecule has 204 valence electrons. The highest BCUT2D eigenvalue weighted by Crippen LogP contribution is 2.54. The minimum absolute atomic E-state index is 0.100. The summed E-state index contributed by atoms with van der Waals surface area (Å²) in [7, 11) is -5.81. The standard InChI is InChI=1S/C24H42N2O8Si2/c1-13(2)35(14(3)4)30-12-24-10-18(27)31-19(20(24)33-36(34-35,15(5)6)16(7)8)22(32-24)26-11-17(9)21(28)25-23(26)29/h11,13-16,18-20,22,27H,10,12H2,1-9H3,(H,25,28,29)/t18?,19-,20+,22-,24-/m1/s1. The van der Waals surface area contributed by atoms with Crippen molar-refractivity contribution in [1.82, 2.24) is 9.55 Å². The van der Waals surface area contributed by atoms with Gasteiger partial charge < -0.3 is 27.5 Å². The lowest BCUT2D eigenvalue weighted by molar-refractivity contribution is -0.223. The van der Waals surface area contributed by atoms with Crippen LogP contribution >= 0.6 is 0 Å². The second-order valence-electron chi connectivity index (χ2n) is 11.8. The molecule has 0 spiro atoms. The van der Waals surface area contributed by atoms with E-state index in [9.17, 15) is 14.7 Å². The summed E-state index contributed by atoms with van der Waals surface area (Å²) in [5, 5.41) is 10.7. The average molecular weight is 543 g/mol. The molecule has 0 radical (unpaired) electrons. The molecule has 3 fully saturated rings. The van der Waals surface area contributed by atoms with Gasteiger partial charge in [-0.25, -0.2) is 4.79 Å². The van der Waals surface area contributed by atoms with Crippen molar-refractivity contribution in [3.05, 3.63) is 32.6 Å². The number of aromatic nitrogens is 2. The molecule has 1 unspecified atom stereocenters. The quantitative estimate of drug-likeness (QED) is 0.544. The molecule has 10 nitrogen and oxygen atoms in total. The Kier molecular flexibility index (Phi) is 7.41. The molecule has 0 aromatic carbocycles. The van der Waals surface area contributed by atoms with Crippen LogP contribution in [0.15, 0.2) is 15.8 Å². The van der Waals surface area contributed by atoms with Gasteiger partial charge in [0, 0.05) is 18.2 Å². The molecule has 0 amide bonds. The highest BCUT2D eigenvalue weighted by atomic mass is 28.5. The van der Waals surface area contributed by atoms with E-state index < -0.39 is 58.7 Å². The first-order valence-corrected chi connectivity index (χ1v) is 17.0. The van der Waals surface area contributed by atoms with Gasteiger partial charge in [0.25, 0.3) is 5.56 Å². The lowest BCUT2D eigenvalue weighted by atomic mass is 9.89. The maximum absolute atomic E-state index is 12.8. The van der Waals surface area contributed by atoms with Crippen LogP contribution < -0.4 is 11.2 Å². The predicted molar refractivity (Wildman–Crippen MR) is 138 cm³/mol. The van der Waals surface area contributed by atoms with Crippen LogP contribution in [0.4, 0.5) is 0 Å². The van der Waals surface area contributed by atoms with E-state index in [1.165, 1.54) is 10.8 Å². The van der Waals surface area contributed by atoms with Crippen LogP contribution in [0.1, 0.15) is 73.6 Å². The van der Waals surface area contributed by atoms with Gasteiger partial charge in [-0.3, -0.25) is 14.3 Å². The second-order valence-corrected chi connectivity index (χ2v) is 20.6. The summed E-state index contributed by atoms with van der Waals surface area (Å²) in [6.07, 6.45) is -1.80. The van der Waals surface area contributed by atoms with Crippen LogP contribution in [0, 0.1) is 6.92 Å². The van der Waals surface area contributed by atoms with Crippen LogP contribution in [-0.2, 0) is 22.4 Å². The van der Waals surface area contributed by atoms with E-state index in [1.54, 1.807) is 6.92 Å². The van der Waals surface area contributed by atoms with E-state index >= 15 is 0 Å². The molecule has 3 aliphatic rings. The van der Waals surface area contributed by atoms with Crippen molar-refractivity contribution in [2.75, 3.05) is 6.61 Å². The van der Waals surface area contributed by atoms with Gasteiger partial charge in [-0.1, -0.05) is 55.4 Å². The maximum atomic E-state index is 12.8. The molecular weight excluding hydrogens is 500 g/mol. The molecule has 2 N–H and O–H groups in total. The van der Waals surface area contributed by atoms with Gasteiger partial charge in [0.1, 0.15) is 17.8 Å². The van der Waals surface area contributed by atoms with Crippen molar-refractivity contribution in [1.29, 1.82) is 0 Å². The molecule has 12 heteroatoms. The molecule has 36 heavy (non-hydrogen) atoms. The van der Waals surface area contributed by atoms with Crippen molar-refractivity contribution in [2.45, 2.75) is 121 Å². The fourth-order valence-corrected chi connectivity index (χ4v) is 17.4. The van der Waals surface area contributed by atoms with Gasteiger partial charge in [0.05, 0.1) is 6.61 Å². The summed E-state index contributed by atoms with van der Waals surface area (Å²) >= 11 is 0. The van der Waals surface area contributed by atoms with Crippen LogP contribution in [0.2, 0.25) is 22.2 Å². The van der Waals surface area contributed by atoms with E-state index in [4.69, 9.17) is 22.4 Å². The first-order valence-electron chi connectivity index (χ1n) is 13.0. The monoisotopic (exact) mass is 542 g/mol. The zero-order valence-corrected chi connectivity index (χ0v) is 24.9. The van der Waals surface area contributed by atoms with Gasteiger partial charge in [-0.05, 0) is 29.1 Å². The third-order valence-electron chi connectivity index (χ3n) is 8.10. The van der Waals surface area contributed by atoms with Crippen molar-refractivity contribution >= 4 is 17.1 Å². The fraction of sp³-hybridized carbons (Fsp3) is 0.833. The number of ether oxygens (including phenoxy) is 2. The molecule has 4 rings (SSSR count). The summed E-state index contributed by atoms with van der Waals surface area (Å²) in [5.41, 5.74) is -1.22.